The van der Waals surface area contributed by atoms with E-state index < -0.39 is 0 Å². The second-order valence-electron chi connectivity index (χ2n) is 8.24. The van der Waals surface area contributed by atoms with Crippen LogP contribution >= 0.6 is 0 Å². The molecule has 0 aromatic heterocycles. The lowest BCUT2D eigenvalue weighted by Crippen LogP contribution is -2.44. The Kier molecular flexibility index (Phi) is 9.67. The number of nitrogens with one attached hydrogen (secondary N) is 2. The number of likely N-dealkylation sites (N-methyl/N-ethyl adjacent to an activating group) is 1. The highest BCUT2D eigenvalue weighted by Gasteiger charge is 2.22. The summed E-state index contributed by atoms with van der Waals surface area (Å²) in [4.78, 5) is 26.4. The number of hydrogen-bond acceptors (Lipinski definition) is 4. The van der Waals surface area contributed by atoms with E-state index in [9.17, 15) is 9.59 Å². The van der Waals surface area contributed by atoms with Crippen LogP contribution in [0.2, 0.25) is 0 Å². The van der Waals surface area contributed by atoms with E-state index in [2.05, 4.69) is 38.3 Å². The summed E-state index contributed by atoms with van der Waals surface area (Å²) < 4.78 is 0. The van der Waals surface area contributed by atoms with Gasteiger partial charge in [0.05, 0.1) is 12.6 Å². The summed E-state index contributed by atoms with van der Waals surface area (Å²) in [6.07, 6.45) is 0.682. The molecule has 2 N–H and O–H groups in total. The van der Waals surface area contributed by atoms with Crippen molar-refractivity contribution in [1.29, 1.82) is 0 Å². The highest BCUT2D eigenvalue weighted by atomic mass is 16.2. The zero-order valence-corrected chi connectivity index (χ0v) is 18.0. The molecule has 1 aromatic rings. The van der Waals surface area contributed by atoms with E-state index in [0.717, 1.165) is 11.1 Å². The number of hydrogen-bond donors (Lipinski definition) is 2. The first-order chi connectivity index (χ1) is 12.6. The number of rotatable bonds is 11. The summed E-state index contributed by atoms with van der Waals surface area (Å²) in [6, 6.07) is 8.57. The molecule has 5 nitrogen and oxygen atoms in total. The summed E-state index contributed by atoms with van der Waals surface area (Å²) in [5, 5.41) is 6.34. The molecule has 0 saturated heterocycles. The first-order valence-corrected chi connectivity index (χ1v) is 9.94. The van der Waals surface area contributed by atoms with Gasteiger partial charge in [-0.25, -0.2) is 0 Å². The van der Waals surface area contributed by atoms with Crippen molar-refractivity contribution < 1.29 is 9.59 Å². The van der Waals surface area contributed by atoms with E-state index >= 15 is 0 Å². The van der Waals surface area contributed by atoms with Gasteiger partial charge in [-0.1, -0.05) is 52.0 Å². The van der Waals surface area contributed by atoms with Crippen LogP contribution in [0.5, 0.6) is 0 Å². The lowest BCUT2D eigenvalue weighted by Gasteiger charge is -2.22. The normalized spacial score (nSPS) is 12.9. The number of nitrogens with zero attached hydrogens (tertiary/aromatic N) is 1. The van der Waals surface area contributed by atoms with Crippen LogP contribution < -0.4 is 10.6 Å². The molecule has 0 aliphatic carbocycles. The highest BCUT2D eigenvalue weighted by molar-refractivity contribution is 5.86. The number of benzene rings is 1. The van der Waals surface area contributed by atoms with Crippen molar-refractivity contribution in [1.82, 2.24) is 15.5 Å². The van der Waals surface area contributed by atoms with Crippen molar-refractivity contribution in [2.24, 2.45) is 5.92 Å². The molecule has 152 valence electrons. The van der Waals surface area contributed by atoms with Gasteiger partial charge in [0.15, 0.2) is 5.78 Å². The predicted octanol–water partition coefficient (Wildman–Crippen LogP) is 2.78. The van der Waals surface area contributed by atoms with Gasteiger partial charge in [-0.3, -0.25) is 14.5 Å². The van der Waals surface area contributed by atoms with Crippen molar-refractivity contribution in [3.8, 4) is 0 Å². The fourth-order valence-electron chi connectivity index (χ4n) is 2.74. The maximum Gasteiger partial charge on any atom is 0.234 e. The summed E-state index contributed by atoms with van der Waals surface area (Å²) >= 11 is 0. The van der Waals surface area contributed by atoms with Gasteiger partial charge in [-0.15, -0.1) is 0 Å². The number of carbonyl (C=O) groups is 2. The average Bonchev–Trinajstić information content (AvgIpc) is 2.59. The zero-order chi connectivity index (χ0) is 20.6. The monoisotopic (exact) mass is 375 g/mol. The predicted molar refractivity (Wildman–Crippen MR) is 112 cm³/mol. The molecule has 27 heavy (non-hydrogen) atoms. The number of Topliss-reactive ketones (excluding diaryl/α,β-unsaturated/α-hetero) is 1. The Bertz CT molecular complexity index is 594. The molecular weight excluding hydrogens is 338 g/mol. The van der Waals surface area contributed by atoms with Gasteiger partial charge in [0.25, 0.3) is 0 Å². The first kappa shape index (κ1) is 23.3. The van der Waals surface area contributed by atoms with Crippen LogP contribution in [0.15, 0.2) is 24.3 Å². The third-order valence-corrected chi connectivity index (χ3v) is 4.67. The van der Waals surface area contributed by atoms with Gasteiger partial charge < -0.3 is 10.6 Å². The number of ketones is 1. The van der Waals surface area contributed by atoms with Gasteiger partial charge in [0.1, 0.15) is 0 Å². The molecule has 0 aliphatic heterocycles. The van der Waals surface area contributed by atoms with Crippen LogP contribution in [0.3, 0.4) is 0 Å². The minimum Gasteiger partial charge on any atom is -0.351 e. The summed E-state index contributed by atoms with van der Waals surface area (Å²) in [5.41, 5.74) is 2.18. The lowest BCUT2D eigenvalue weighted by atomic mass is 9.95. The van der Waals surface area contributed by atoms with Crippen LogP contribution in [-0.4, -0.2) is 48.3 Å². The third-order valence-electron chi connectivity index (χ3n) is 4.67. The fraction of sp³-hybridized carbons (Fsp3) is 0.636. The molecule has 1 aromatic carbocycles. The Morgan fingerprint density at radius 1 is 0.963 bits per heavy atom. The average molecular weight is 376 g/mol. The molecule has 0 saturated carbocycles. The van der Waals surface area contributed by atoms with E-state index in [0.29, 0.717) is 25.6 Å². The van der Waals surface area contributed by atoms with Gasteiger partial charge in [0.2, 0.25) is 5.91 Å². The third kappa shape index (κ3) is 8.67. The second-order valence-corrected chi connectivity index (χ2v) is 8.24. The Labute approximate surface area is 164 Å². The number of carbonyl (C=O) groups excluding carboxylic acids is 2. The molecular formula is C22H37N3O2. The van der Waals surface area contributed by atoms with Crippen LogP contribution in [0.4, 0.5) is 0 Å². The van der Waals surface area contributed by atoms with Crippen LogP contribution in [-0.2, 0) is 22.6 Å². The van der Waals surface area contributed by atoms with E-state index in [1.165, 1.54) is 0 Å². The fourth-order valence-corrected chi connectivity index (χ4v) is 2.74. The number of amides is 1. The van der Waals surface area contributed by atoms with E-state index in [-0.39, 0.29) is 29.7 Å². The minimum atomic E-state index is -0.165. The molecule has 5 heteroatoms. The molecule has 1 amide bonds. The van der Waals surface area contributed by atoms with Crippen molar-refractivity contribution in [3.63, 3.8) is 0 Å². The van der Waals surface area contributed by atoms with Crippen molar-refractivity contribution in [3.05, 3.63) is 35.4 Å². The largest absolute Gasteiger partial charge is 0.351 e. The molecule has 1 unspecified atom stereocenters. The van der Waals surface area contributed by atoms with E-state index in [1.807, 2.05) is 50.1 Å². The summed E-state index contributed by atoms with van der Waals surface area (Å²) in [6.45, 7) is 13.1. The molecule has 0 heterocycles. The van der Waals surface area contributed by atoms with Crippen LogP contribution in [0.25, 0.3) is 0 Å². The quantitative estimate of drug-likeness (QED) is 0.624. The first-order valence-electron chi connectivity index (χ1n) is 9.94. The molecule has 0 bridgehead atoms. The Morgan fingerprint density at radius 2 is 1.52 bits per heavy atom. The van der Waals surface area contributed by atoms with E-state index in [1.54, 1.807) is 0 Å². The van der Waals surface area contributed by atoms with Gasteiger partial charge >= 0.3 is 0 Å². The molecule has 0 spiro atoms. The van der Waals surface area contributed by atoms with Gasteiger partial charge in [-0.05, 0) is 38.4 Å². The molecule has 0 radical (unpaired) electrons. The van der Waals surface area contributed by atoms with Gasteiger partial charge in [0, 0.05) is 24.5 Å². The van der Waals surface area contributed by atoms with Crippen molar-refractivity contribution in [2.45, 2.75) is 72.6 Å². The van der Waals surface area contributed by atoms with E-state index in [4.69, 9.17) is 0 Å². The lowest BCUT2D eigenvalue weighted by molar-refractivity contribution is -0.124. The smallest absolute Gasteiger partial charge is 0.234 e. The summed E-state index contributed by atoms with van der Waals surface area (Å²) in [5.74, 6) is 0.285. The van der Waals surface area contributed by atoms with Crippen molar-refractivity contribution in [2.75, 3.05) is 13.6 Å². The standard InChI is InChI=1S/C22H37N3O2/c1-15(2)22(27)20(24-16(3)4)12-18-8-10-19(11-9-18)13-23-21(26)14-25(7)17(5)6/h8-11,15-17,20,24H,12-14H2,1-7H3,(H,23,26). The minimum absolute atomic E-state index is 0.0136. The highest BCUT2D eigenvalue weighted by Crippen LogP contribution is 2.11. The summed E-state index contributed by atoms with van der Waals surface area (Å²) in [7, 11) is 1.94. The topological polar surface area (TPSA) is 61.4 Å². The van der Waals surface area contributed by atoms with Crippen LogP contribution in [0, 0.1) is 5.92 Å². The second kappa shape index (κ2) is 11.2. The Balaban J connectivity index is 2.61. The maximum absolute atomic E-state index is 12.4. The van der Waals surface area contributed by atoms with Gasteiger partial charge in [-0.2, -0.15) is 0 Å². The molecule has 1 atom stereocenters. The molecule has 1 rings (SSSR count). The van der Waals surface area contributed by atoms with Crippen molar-refractivity contribution >= 4 is 11.7 Å². The zero-order valence-electron chi connectivity index (χ0n) is 18.0. The SMILES string of the molecule is CC(C)NC(Cc1ccc(CNC(=O)CN(C)C(C)C)cc1)C(=O)C(C)C. The van der Waals surface area contributed by atoms with Crippen LogP contribution in [0.1, 0.15) is 52.7 Å². The maximum atomic E-state index is 12.4. The Morgan fingerprint density at radius 3 is 2.00 bits per heavy atom. The molecule has 0 aliphatic rings. The Hall–Kier alpha value is -1.72. The molecule has 0 fully saturated rings.